The molecule has 1 aromatic rings. The molecule has 3 N–H and O–H groups in total. The number of hydrogen-bond donors (Lipinski definition) is 2. The lowest BCUT2D eigenvalue weighted by atomic mass is 10.0. The maximum Gasteiger partial charge on any atom is 0.227 e. The van der Waals surface area contributed by atoms with Gasteiger partial charge in [0.25, 0.3) is 0 Å². The summed E-state index contributed by atoms with van der Waals surface area (Å²) in [6, 6.07) is 6.76. The number of amides is 1. The van der Waals surface area contributed by atoms with E-state index < -0.39 is 0 Å². The van der Waals surface area contributed by atoms with E-state index in [9.17, 15) is 9.90 Å². The molecule has 1 rings (SSSR count). The zero-order chi connectivity index (χ0) is 13.5. The molecule has 0 radical (unpaired) electrons. The van der Waals surface area contributed by atoms with Gasteiger partial charge in [0.15, 0.2) is 0 Å². The van der Waals surface area contributed by atoms with Crippen LogP contribution in [0.3, 0.4) is 0 Å². The number of rotatable bonds is 6. The summed E-state index contributed by atoms with van der Waals surface area (Å²) in [6.07, 6.45) is 1.36. The van der Waals surface area contributed by atoms with Crippen molar-refractivity contribution in [1.29, 1.82) is 0 Å². The fourth-order valence-electron chi connectivity index (χ4n) is 1.92. The molecule has 0 aliphatic carbocycles. The second-order valence-electron chi connectivity index (χ2n) is 4.37. The van der Waals surface area contributed by atoms with E-state index in [0.29, 0.717) is 19.5 Å². The van der Waals surface area contributed by atoms with E-state index in [1.807, 2.05) is 19.9 Å². The molecule has 0 fully saturated rings. The minimum atomic E-state index is 0.0559. The summed E-state index contributed by atoms with van der Waals surface area (Å²) in [6.45, 7) is 5.07. The van der Waals surface area contributed by atoms with Gasteiger partial charge in [0.1, 0.15) is 5.75 Å². The average Bonchev–Trinajstić information content (AvgIpc) is 2.37. The van der Waals surface area contributed by atoms with Crippen LogP contribution in [0.5, 0.6) is 5.75 Å². The Balaban J connectivity index is 2.80. The number of hydrogen-bond acceptors (Lipinski definition) is 3. The molecule has 0 aliphatic rings. The lowest BCUT2D eigenvalue weighted by molar-refractivity contribution is -0.119. The Bertz CT molecular complexity index is 389. The average molecular weight is 250 g/mol. The molecule has 4 nitrogen and oxygen atoms in total. The summed E-state index contributed by atoms with van der Waals surface area (Å²) in [5.41, 5.74) is 6.36. The van der Waals surface area contributed by atoms with Gasteiger partial charge in [0.05, 0.1) is 0 Å². The van der Waals surface area contributed by atoms with Gasteiger partial charge in [0, 0.05) is 24.7 Å². The summed E-state index contributed by atoms with van der Waals surface area (Å²) in [7, 11) is 0. The van der Waals surface area contributed by atoms with E-state index >= 15 is 0 Å². The Kier molecular flexibility index (Phi) is 5.65. The zero-order valence-corrected chi connectivity index (χ0v) is 11.1. The van der Waals surface area contributed by atoms with Crippen LogP contribution in [0, 0.1) is 5.92 Å². The number of anilines is 1. The van der Waals surface area contributed by atoms with E-state index in [2.05, 4.69) is 0 Å². The number of aromatic hydroxyl groups is 1. The molecule has 0 spiro atoms. The monoisotopic (exact) mass is 250 g/mol. The first-order chi connectivity index (χ1) is 8.62. The van der Waals surface area contributed by atoms with Gasteiger partial charge in [-0.1, -0.05) is 19.4 Å². The smallest absolute Gasteiger partial charge is 0.227 e. The number of nitrogens with two attached hydrogens (primary N) is 1. The third-order valence-electron chi connectivity index (χ3n) is 3.13. The molecule has 0 bridgehead atoms. The van der Waals surface area contributed by atoms with E-state index in [1.54, 1.807) is 23.1 Å². The van der Waals surface area contributed by atoms with Crippen molar-refractivity contribution in [3.8, 4) is 5.75 Å². The number of phenolic OH excluding ortho intramolecular Hbond substituents is 1. The zero-order valence-electron chi connectivity index (χ0n) is 11.1. The maximum absolute atomic E-state index is 12.2. The Labute approximate surface area is 108 Å². The number of carbonyl (C=O) groups is 1. The fourth-order valence-corrected chi connectivity index (χ4v) is 1.92. The molecule has 18 heavy (non-hydrogen) atoms. The van der Waals surface area contributed by atoms with Gasteiger partial charge in [-0.25, -0.2) is 0 Å². The highest BCUT2D eigenvalue weighted by Crippen LogP contribution is 2.21. The molecule has 100 valence electrons. The molecule has 0 saturated carbocycles. The quantitative estimate of drug-likeness (QED) is 0.812. The predicted molar refractivity (Wildman–Crippen MR) is 73.6 cm³/mol. The highest BCUT2D eigenvalue weighted by molar-refractivity contribution is 5.93. The second-order valence-corrected chi connectivity index (χ2v) is 4.37. The fraction of sp³-hybridized carbons (Fsp3) is 0.500. The van der Waals surface area contributed by atoms with Gasteiger partial charge < -0.3 is 15.7 Å². The molecule has 4 heteroatoms. The van der Waals surface area contributed by atoms with E-state index in [1.165, 1.54) is 0 Å². The minimum Gasteiger partial charge on any atom is -0.508 e. The molecule has 1 aromatic carbocycles. The third kappa shape index (κ3) is 3.74. The normalized spacial score (nSPS) is 12.2. The summed E-state index contributed by atoms with van der Waals surface area (Å²) in [4.78, 5) is 13.9. The van der Waals surface area contributed by atoms with Crippen molar-refractivity contribution in [3.05, 3.63) is 24.3 Å². The predicted octanol–water partition coefficient (Wildman–Crippen LogP) is 2.12. The van der Waals surface area contributed by atoms with Gasteiger partial charge in [-0.05, 0) is 31.5 Å². The topological polar surface area (TPSA) is 66.6 Å². The first kappa shape index (κ1) is 14.5. The van der Waals surface area contributed by atoms with Crippen LogP contribution in [0.15, 0.2) is 24.3 Å². The minimum absolute atomic E-state index is 0.0559. The molecule has 0 aromatic heterocycles. The second kappa shape index (κ2) is 7.01. The summed E-state index contributed by atoms with van der Waals surface area (Å²) in [5, 5.41) is 9.46. The van der Waals surface area contributed by atoms with Gasteiger partial charge >= 0.3 is 0 Å². The summed E-state index contributed by atoms with van der Waals surface area (Å²) < 4.78 is 0. The van der Waals surface area contributed by atoms with Crippen LogP contribution >= 0.6 is 0 Å². The van der Waals surface area contributed by atoms with Crippen molar-refractivity contribution in [2.24, 2.45) is 11.7 Å². The summed E-state index contributed by atoms with van der Waals surface area (Å²) >= 11 is 0. The Morgan fingerprint density at radius 3 is 2.67 bits per heavy atom. The molecule has 1 atom stereocenters. The van der Waals surface area contributed by atoms with Crippen LogP contribution in [0.2, 0.25) is 0 Å². The van der Waals surface area contributed by atoms with Crippen LogP contribution in [0.25, 0.3) is 0 Å². The Morgan fingerprint density at radius 2 is 2.17 bits per heavy atom. The van der Waals surface area contributed by atoms with Crippen molar-refractivity contribution in [3.63, 3.8) is 0 Å². The van der Waals surface area contributed by atoms with Gasteiger partial charge in [-0.3, -0.25) is 4.79 Å². The number of phenols is 1. The molecule has 1 unspecified atom stereocenters. The van der Waals surface area contributed by atoms with Crippen molar-refractivity contribution in [1.82, 2.24) is 0 Å². The van der Waals surface area contributed by atoms with Crippen LogP contribution in [-0.2, 0) is 4.79 Å². The molecule has 0 heterocycles. The first-order valence-corrected chi connectivity index (χ1v) is 6.41. The maximum atomic E-state index is 12.2. The highest BCUT2D eigenvalue weighted by Gasteiger charge is 2.17. The number of benzene rings is 1. The first-order valence-electron chi connectivity index (χ1n) is 6.41. The molecule has 0 aliphatic heterocycles. The molecular weight excluding hydrogens is 228 g/mol. The van der Waals surface area contributed by atoms with E-state index in [4.69, 9.17) is 5.73 Å². The molecule has 1 amide bonds. The SMILES string of the molecule is CCC(CN)CC(=O)N(CC)c1cccc(O)c1. The third-order valence-corrected chi connectivity index (χ3v) is 3.13. The Morgan fingerprint density at radius 1 is 1.44 bits per heavy atom. The molecule has 0 saturated heterocycles. The van der Waals surface area contributed by atoms with Gasteiger partial charge in [-0.15, -0.1) is 0 Å². The van der Waals surface area contributed by atoms with Crippen molar-refractivity contribution in [2.75, 3.05) is 18.0 Å². The lowest BCUT2D eigenvalue weighted by Gasteiger charge is -2.23. The standard InChI is InChI=1S/C14H22N2O2/c1-3-11(10-15)8-14(18)16(4-2)12-6-5-7-13(17)9-12/h5-7,9,11,17H,3-4,8,10,15H2,1-2H3. The summed E-state index contributed by atoms with van der Waals surface area (Å²) in [5.74, 6) is 0.453. The Hall–Kier alpha value is -1.55. The molecular formula is C14H22N2O2. The van der Waals surface area contributed by atoms with Crippen molar-refractivity contribution >= 4 is 11.6 Å². The largest absolute Gasteiger partial charge is 0.508 e. The lowest BCUT2D eigenvalue weighted by Crippen LogP contribution is -2.33. The highest BCUT2D eigenvalue weighted by atomic mass is 16.3. The van der Waals surface area contributed by atoms with E-state index in [-0.39, 0.29) is 17.6 Å². The van der Waals surface area contributed by atoms with Gasteiger partial charge in [0.2, 0.25) is 5.91 Å². The van der Waals surface area contributed by atoms with Crippen LogP contribution in [0.4, 0.5) is 5.69 Å². The van der Waals surface area contributed by atoms with Crippen LogP contribution in [-0.4, -0.2) is 24.1 Å². The van der Waals surface area contributed by atoms with Crippen LogP contribution < -0.4 is 10.6 Å². The van der Waals surface area contributed by atoms with Gasteiger partial charge in [-0.2, -0.15) is 0 Å². The van der Waals surface area contributed by atoms with Crippen LogP contribution in [0.1, 0.15) is 26.7 Å². The van der Waals surface area contributed by atoms with E-state index in [0.717, 1.165) is 12.1 Å². The number of carbonyl (C=O) groups excluding carboxylic acids is 1. The van der Waals surface area contributed by atoms with Crippen molar-refractivity contribution in [2.45, 2.75) is 26.7 Å². The number of nitrogens with zero attached hydrogens (tertiary/aromatic N) is 1. The van der Waals surface area contributed by atoms with Crippen molar-refractivity contribution < 1.29 is 9.90 Å².